The van der Waals surface area contributed by atoms with E-state index in [4.69, 9.17) is 16.7 Å². The van der Waals surface area contributed by atoms with Gasteiger partial charge in [0.2, 0.25) is 0 Å². The van der Waals surface area contributed by atoms with E-state index in [2.05, 4.69) is 5.32 Å². The van der Waals surface area contributed by atoms with E-state index in [1.165, 1.54) is 24.3 Å². The van der Waals surface area contributed by atoms with Gasteiger partial charge in [-0.25, -0.2) is 9.18 Å². The van der Waals surface area contributed by atoms with Crippen molar-refractivity contribution in [3.8, 4) is 0 Å². The Bertz CT molecular complexity index is 599. The Morgan fingerprint density at radius 3 is 2.47 bits per heavy atom. The number of hydrogen-bond acceptors (Lipinski definition) is 2. The lowest BCUT2D eigenvalue weighted by Gasteiger charge is -2.07. The van der Waals surface area contributed by atoms with Crippen molar-refractivity contribution in [1.29, 1.82) is 0 Å². The van der Waals surface area contributed by atoms with E-state index < -0.39 is 11.8 Å². The molecule has 98 valence electrons. The lowest BCUT2D eigenvalue weighted by molar-refractivity contribution is 0.0697. The highest BCUT2D eigenvalue weighted by atomic mass is 35.5. The van der Waals surface area contributed by atoms with Gasteiger partial charge in [-0.1, -0.05) is 17.7 Å². The van der Waals surface area contributed by atoms with Crippen LogP contribution in [0.4, 0.5) is 10.1 Å². The van der Waals surface area contributed by atoms with Crippen molar-refractivity contribution in [2.24, 2.45) is 0 Å². The molecule has 0 aliphatic carbocycles. The van der Waals surface area contributed by atoms with E-state index in [9.17, 15) is 9.18 Å². The quantitative estimate of drug-likeness (QED) is 0.895. The van der Waals surface area contributed by atoms with Crippen molar-refractivity contribution in [1.82, 2.24) is 0 Å². The number of carboxylic acid groups (broad SMARTS) is 1. The van der Waals surface area contributed by atoms with Crippen LogP contribution in [0.25, 0.3) is 0 Å². The molecule has 0 aliphatic heterocycles. The van der Waals surface area contributed by atoms with Crippen LogP contribution in [0.15, 0.2) is 42.5 Å². The minimum Gasteiger partial charge on any atom is -0.478 e. The smallest absolute Gasteiger partial charge is 0.335 e. The maximum atomic E-state index is 13.2. The first-order valence-electron chi connectivity index (χ1n) is 5.57. The Morgan fingerprint density at radius 2 is 1.89 bits per heavy atom. The molecule has 0 aromatic heterocycles. The Labute approximate surface area is 114 Å². The van der Waals surface area contributed by atoms with Crippen LogP contribution in [0.5, 0.6) is 0 Å². The molecule has 19 heavy (non-hydrogen) atoms. The highest BCUT2D eigenvalue weighted by Gasteiger charge is 2.03. The largest absolute Gasteiger partial charge is 0.478 e. The topological polar surface area (TPSA) is 49.3 Å². The molecule has 0 bridgehead atoms. The van der Waals surface area contributed by atoms with Gasteiger partial charge in [0.15, 0.2) is 0 Å². The van der Waals surface area contributed by atoms with Gasteiger partial charge < -0.3 is 10.4 Å². The maximum Gasteiger partial charge on any atom is 0.335 e. The summed E-state index contributed by atoms with van der Waals surface area (Å²) in [4.78, 5) is 10.7. The Balaban J connectivity index is 2.01. The lowest BCUT2D eigenvalue weighted by Crippen LogP contribution is -2.01. The van der Waals surface area contributed by atoms with Gasteiger partial charge in [0.1, 0.15) is 5.82 Å². The fourth-order valence-corrected chi connectivity index (χ4v) is 1.70. The van der Waals surface area contributed by atoms with Gasteiger partial charge in [-0.3, -0.25) is 0 Å². The van der Waals surface area contributed by atoms with Crippen molar-refractivity contribution in [2.75, 3.05) is 5.32 Å². The van der Waals surface area contributed by atoms with E-state index in [0.717, 1.165) is 11.3 Å². The number of carbonyl (C=O) groups is 1. The molecular formula is C14H11ClFNO2. The number of halogens is 2. The minimum atomic E-state index is -0.966. The van der Waals surface area contributed by atoms with Crippen molar-refractivity contribution in [3.05, 3.63) is 64.4 Å². The van der Waals surface area contributed by atoms with Gasteiger partial charge in [-0.2, -0.15) is 0 Å². The number of aromatic carboxylic acids is 1. The zero-order chi connectivity index (χ0) is 13.8. The summed E-state index contributed by atoms with van der Waals surface area (Å²) < 4.78 is 13.2. The third-order valence-corrected chi connectivity index (χ3v) is 2.92. The second-order valence-corrected chi connectivity index (χ2v) is 4.39. The van der Waals surface area contributed by atoms with E-state index in [1.807, 2.05) is 0 Å². The monoisotopic (exact) mass is 279 g/mol. The molecule has 0 heterocycles. The SMILES string of the molecule is O=C(O)c1ccc(NCc2ccc(Cl)c(F)c2)cc1. The number of nitrogens with one attached hydrogen (secondary N) is 1. The standard InChI is InChI=1S/C14H11ClFNO2/c15-12-6-1-9(7-13(12)16)8-17-11-4-2-10(3-5-11)14(18)19/h1-7,17H,8H2,(H,18,19). The zero-order valence-corrected chi connectivity index (χ0v) is 10.6. The van der Waals surface area contributed by atoms with Gasteiger partial charge >= 0.3 is 5.97 Å². The summed E-state index contributed by atoms with van der Waals surface area (Å²) in [6, 6.07) is 10.9. The van der Waals surface area contributed by atoms with Crippen LogP contribution in [0.3, 0.4) is 0 Å². The molecule has 0 amide bonds. The first-order valence-corrected chi connectivity index (χ1v) is 5.95. The lowest BCUT2D eigenvalue weighted by atomic mass is 10.2. The molecular weight excluding hydrogens is 269 g/mol. The first kappa shape index (κ1) is 13.4. The molecule has 0 radical (unpaired) electrons. The number of rotatable bonds is 4. The van der Waals surface area contributed by atoms with Gasteiger partial charge in [-0.05, 0) is 42.0 Å². The summed E-state index contributed by atoms with van der Waals surface area (Å²) in [6.07, 6.45) is 0. The predicted octanol–water partition coefficient (Wildman–Crippen LogP) is 3.79. The molecule has 0 saturated heterocycles. The van der Waals surface area contributed by atoms with E-state index in [-0.39, 0.29) is 10.6 Å². The third-order valence-electron chi connectivity index (χ3n) is 2.61. The van der Waals surface area contributed by atoms with Crippen LogP contribution < -0.4 is 5.32 Å². The summed E-state index contributed by atoms with van der Waals surface area (Å²) in [5, 5.41) is 11.9. The van der Waals surface area contributed by atoms with E-state index in [0.29, 0.717) is 6.54 Å². The molecule has 2 rings (SSSR count). The molecule has 2 aromatic rings. The van der Waals surface area contributed by atoms with E-state index >= 15 is 0 Å². The molecule has 3 nitrogen and oxygen atoms in total. The van der Waals surface area contributed by atoms with Crippen LogP contribution >= 0.6 is 11.6 Å². The number of benzene rings is 2. The third kappa shape index (κ3) is 3.45. The number of carboxylic acids is 1. The van der Waals surface area contributed by atoms with Crippen LogP contribution in [0.2, 0.25) is 5.02 Å². The van der Waals surface area contributed by atoms with Gasteiger partial charge in [0.25, 0.3) is 0 Å². The maximum absolute atomic E-state index is 13.2. The number of hydrogen-bond donors (Lipinski definition) is 2. The summed E-state index contributed by atoms with van der Waals surface area (Å²) >= 11 is 5.59. The summed E-state index contributed by atoms with van der Waals surface area (Å²) in [6.45, 7) is 0.431. The predicted molar refractivity (Wildman–Crippen MR) is 72.1 cm³/mol. The average Bonchev–Trinajstić information content (AvgIpc) is 2.40. The second kappa shape index (κ2) is 5.71. The molecule has 0 fully saturated rings. The van der Waals surface area contributed by atoms with E-state index in [1.54, 1.807) is 18.2 Å². The fraction of sp³-hybridized carbons (Fsp3) is 0.0714. The van der Waals surface area contributed by atoms with Gasteiger partial charge in [-0.15, -0.1) is 0 Å². The van der Waals surface area contributed by atoms with Gasteiger partial charge in [0.05, 0.1) is 10.6 Å². The zero-order valence-electron chi connectivity index (χ0n) is 9.86. The Kier molecular flexibility index (Phi) is 4.02. The van der Waals surface area contributed by atoms with Crippen LogP contribution in [0.1, 0.15) is 15.9 Å². The van der Waals surface area contributed by atoms with Crippen LogP contribution in [0, 0.1) is 5.82 Å². The molecule has 2 N–H and O–H groups in total. The van der Waals surface area contributed by atoms with Crippen molar-refractivity contribution in [2.45, 2.75) is 6.54 Å². The van der Waals surface area contributed by atoms with Gasteiger partial charge in [0, 0.05) is 12.2 Å². The van der Waals surface area contributed by atoms with Crippen LogP contribution in [-0.2, 0) is 6.54 Å². The van der Waals surface area contributed by atoms with Crippen molar-refractivity contribution >= 4 is 23.3 Å². The normalized spacial score (nSPS) is 10.2. The molecule has 0 unspecified atom stereocenters. The first-order chi connectivity index (χ1) is 9.06. The molecule has 0 spiro atoms. The van der Waals surface area contributed by atoms with Crippen LogP contribution in [-0.4, -0.2) is 11.1 Å². The fourth-order valence-electron chi connectivity index (χ4n) is 1.58. The molecule has 0 aliphatic rings. The Morgan fingerprint density at radius 1 is 1.21 bits per heavy atom. The molecule has 2 aromatic carbocycles. The highest BCUT2D eigenvalue weighted by molar-refractivity contribution is 6.30. The van der Waals surface area contributed by atoms with Crippen molar-refractivity contribution < 1.29 is 14.3 Å². The summed E-state index contributed by atoms with van der Waals surface area (Å²) in [5.74, 6) is -1.42. The minimum absolute atomic E-state index is 0.0922. The second-order valence-electron chi connectivity index (χ2n) is 3.98. The Hall–Kier alpha value is -2.07. The molecule has 0 atom stereocenters. The molecule has 5 heteroatoms. The van der Waals surface area contributed by atoms with Crippen molar-refractivity contribution in [3.63, 3.8) is 0 Å². The summed E-state index contributed by atoms with van der Waals surface area (Å²) in [7, 11) is 0. The molecule has 0 saturated carbocycles. The average molecular weight is 280 g/mol. The summed E-state index contributed by atoms with van der Waals surface area (Å²) in [5.41, 5.74) is 1.74. The number of anilines is 1. The highest BCUT2D eigenvalue weighted by Crippen LogP contribution is 2.17.